The largest absolute Gasteiger partial charge is 0.465 e. The van der Waals surface area contributed by atoms with Crippen molar-refractivity contribution in [3.8, 4) is 0 Å². The maximum atomic E-state index is 11.9. The molecular formula is C9H16N2O5S. The summed E-state index contributed by atoms with van der Waals surface area (Å²) in [5, 5.41) is 18.3. The molecule has 2 aliphatic rings. The fourth-order valence-corrected chi connectivity index (χ4v) is 4.26. The Balaban J connectivity index is 2.30. The first-order valence-corrected chi connectivity index (χ1v) is 7.16. The van der Waals surface area contributed by atoms with Crippen molar-refractivity contribution in [1.29, 1.82) is 0 Å². The van der Waals surface area contributed by atoms with E-state index in [0.717, 1.165) is 0 Å². The fourth-order valence-electron chi connectivity index (χ4n) is 2.51. The molecule has 2 saturated heterocycles. The van der Waals surface area contributed by atoms with Crippen LogP contribution in [0.1, 0.15) is 12.8 Å². The van der Waals surface area contributed by atoms with E-state index in [2.05, 4.69) is 0 Å². The third kappa shape index (κ3) is 2.24. The molecule has 0 saturated carbocycles. The predicted molar refractivity (Wildman–Crippen MR) is 59.1 cm³/mol. The molecule has 0 aromatic heterocycles. The minimum Gasteiger partial charge on any atom is -0.465 e. The summed E-state index contributed by atoms with van der Waals surface area (Å²) in [5.74, 6) is 0.0352. The zero-order valence-electron chi connectivity index (χ0n) is 9.32. The molecule has 0 aromatic carbocycles. The molecule has 7 nitrogen and oxygen atoms in total. The third-order valence-electron chi connectivity index (χ3n) is 3.40. The predicted octanol–water partition coefficient (Wildman–Crippen LogP) is -0.865. The van der Waals surface area contributed by atoms with Gasteiger partial charge in [-0.25, -0.2) is 13.2 Å². The van der Waals surface area contributed by atoms with Crippen LogP contribution in [-0.4, -0.2) is 71.5 Å². The lowest BCUT2D eigenvalue weighted by molar-refractivity contribution is 0.0489. The van der Waals surface area contributed by atoms with Crippen LogP contribution in [0.25, 0.3) is 0 Å². The molecule has 0 spiro atoms. The van der Waals surface area contributed by atoms with Gasteiger partial charge in [0, 0.05) is 19.1 Å². The highest BCUT2D eigenvalue weighted by Crippen LogP contribution is 2.26. The van der Waals surface area contributed by atoms with Gasteiger partial charge in [-0.15, -0.1) is 0 Å². The number of piperazine rings is 1. The lowest BCUT2D eigenvalue weighted by Gasteiger charge is -2.42. The molecule has 2 N–H and O–H groups in total. The average molecular weight is 264 g/mol. The van der Waals surface area contributed by atoms with Gasteiger partial charge >= 0.3 is 6.09 Å². The molecule has 0 aliphatic carbocycles. The summed E-state index contributed by atoms with van der Waals surface area (Å²) in [4.78, 5) is 12.3. The Kier molecular flexibility index (Phi) is 3.28. The van der Waals surface area contributed by atoms with E-state index in [1.165, 1.54) is 9.21 Å². The zero-order valence-corrected chi connectivity index (χ0v) is 10.1. The van der Waals surface area contributed by atoms with E-state index in [4.69, 9.17) is 5.11 Å². The smallest absolute Gasteiger partial charge is 0.407 e. The molecule has 17 heavy (non-hydrogen) atoms. The fraction of sp³-hybridized carbons (Fsp3) is 0.889. The molecule has 2 fully saturated rings. The number of hydrogen-bond donors (Lipinski definition) is 2. The van der Waals surface area contributed by atoms with Gasteiger partial charge in [-0.2, -0.15) is 4.31 Å². The summed E-state index contributed by atoms with van der Waals surface area (Å²) < 4.78 is 25.1. The second kappa shape index (κ2) is 4.43. The molecule has 2 bridgehead atoms. The number of fused-ring (bicyclic) bond motifs is 2. The van der Waals surface area contributed by atoms with Gasteiger partial charge in [-0.1, -0.05) is 0 Å². The molecule has 0 aromatic rings. The second-order valence-corrected chi connectivity index (χ2v) is 6.49. The number of carbonyl (C=O) groups is 1. The minimum absolute atomic E-state index is 0.0352. The van der Waals surface area contributed by atoms with Crippen molar-refractivity contribution in [3.05, 3.63) is 0 Å². The van der Waals surface area contributed by atoms with E-state index < -0.39 is 22.2 Å². The Hall–Kier alpha value is -0.860. The van der Waals surface area contributed by atoms with Crippen LogP contribution < -0.4 is 0 Å². The highest BCUT2D eigenvalue weighted by atomic mass is 32.2. The number of carboxylic acid groups (broad SMARTS) is 1. The van der Waals surface area contributed by atoms with Crippen LogP contribution >= 0.6 is 0 Å². The highest BCUT2D eigenvalue weighted by molar-refractivity contribution is 7.89. The summed E-state index contributed by atoms with van der Waals surface area (Å²) in [6.07, 6.45) is -0.0293. The molecule has 2 rings (SSSR count). The van der Waals surface area contributed by atoms with Gasteiger partial charge in [-0.3, -0.25) is 0 Å². The van der Waals surface area contributed by atoms with Gasteiger partial charge in [-0.05, 0) is 12.8 Å². The standard InChI is InChI=1S/C9H16N2O5S/c12-6-8-4-10(9(13)14)7-2-1-3-17(15,16)11(8)5-7/h7-8,12H,1-6H2,(H,13,14). The van der Waals surface area contributed by atoms with Crippen molar-refractivity contribution in [2.24, 2.45) is 0 Å². The molecule has 98 valence electrons. The maximum Gasteiger partial charge on any atom is 0.407 e. The van der Waals surface area contributed by atoms with Crippen molar-refractivity contribution in [3.63, 3.8) is 0 Å². The number of aliphatic hydroxyl groups is 1. The van der Waals surface area contributed by atoms with Crippen LogP contribution in [-0.2, 0) is 10.0 Å². The summed E-state index contributed by atoms with van der Waals surface area (Å²) in [6.45, 7) is -0.134. The highest BCUT2D eigenvalue weighted by Gasteiger charge is 2.43. The van der Waals surface area contributed by atoms with Crippen LogP contribution in [0.4, 0.5) is 4.79 Å². The normalized spacial score (nSPS) is 36.3. The van der Waals surface area contributed by atoms with Gasteiger partial charge in [0.1, 0.15) is 0 Å². The number of aliphatic hydroxyl groups excluding tert-OH is 1. The number of rotatable bonds is 1. The van der Waals surface area contributed by atoms with Crippen molar-refractivity contribution in [2.75, 3.05) is 25.4 Å². The van der Waals surface area contributed by atoms with Crippen LogP contribution in [0, 0.1) is 0 Å². The molecular weight excluding hydrogens is 248 g/mol. The number of amides is 1. The zero-order chi connectivity index (χ0) is 12.6. The first-order valence-electron chi connectivity index (χ1n) is 5.55. The molecule has 3 atom stereocenters. The minimum atomic E-state index is -3.35. The molecule has 8 heteroatoms. The van der Waals surface area contributed by atoms with Crippen LogP contribution in [0.2, 0.25) is 0 Å². The Morgan fingerprint density at radius 2 is 2.06 bits per heavy atom. The molecule has 1 amide bonds. The topological polar surface area (TPSA) is 98.1 Å². The molecule has 2 aliphatic heterocycles. The van der Waals surface area contributed by atoms with E-state index >= 15 is 0 Å². The monoisotopic (exact) mass is 264 g/mol. The Labute approximate surface area is 99.7 Å². The van der Waals surface area contributed by atoms with E-state index in [9.17, 15) is 18.3 Å². The Morgan fingerprint density at radius 3 is 2.65 bits per heavy atom. The van der Waals surface area contributed by atoms with Gasteiger partial charge in [0.15, 0.2) is 0 Å². The molecule has 3 unspecified atom stereocenters. The quantitative estimate of drug-likeness (QED) is 0.642. The average Bonchev–Trinajstić information content (AvgIpc) is 2.38. The Bertz CT molecular complexity index is 410. The van der Waals surface area contributed by atoms with Gasteiger partial charge in [0.25, 0.3) is 0 Å². The van der Waals surface area contributed by atoms with Crippen molar-refractivity contribution >= 4 is 16.1 Å². The first kappa shape index (κ1) is 12.6. The van der Waals surface area contributed by atoms with Gasteiger partial charge in [0.05, 0.1) is 18.4 Å². The van der Waals surface area contributed by atoms with E-state index in [-0.39, 0.29) is 31.5 Å². The summed E-state index contributed by atoms with van der Waals surface area (Å²) in [7, 11) is -3.35. The summed E-state index contributed by atoms with van der Waals surface area (Å²) >= 11 is 0. The molecule has 2 heterocycles. The van der Waals surface area contributed by atoms with E-state index in [0.29, 0.717) is 12.8 Å². The summed E-state index contributed by atoms with van der Waals surface area (Å²) in [6, 6.07) is -0.932. The lowest BCUT2D eigenvalue weighted by atomic mass is 10.1. The lowest BCUT2D eigenvalue weighted by Crippen LogP contribution is -2.61. The first-order chi connectivity index (χ1) is 7.95. The number of sulfonamides is 1. The Morgan fingerprint density at radius 1 is 1.35 bits per heavy atom. The van der Waals surface area contributed by atoms with Crippen LogP contribution in [0.3, 0.4) is 0 Å². The van der Waals surface area contributed by atoms with Gasteiger partial charge < -0.3 is 15.1 Å². The van der Waals surface area contributed by atoms with Crippen molar-refractivity contribution < 1.29 is 23.4 Å². The van der Waals surface area contributed by atoms with E-state index in [1.807, 2.05) is 0 Å². The van der Waals surface area contributed by atoms with Crippen molar-refractivity contribution in [1.82, 2.24) is 9.21 Å². The SMILES string of the molecule is O=C(O)N1CC(CO)N2CC1CCCS2(=O)=O. The summed E-state index contributed by atoms with van der Waals surface area (Å²) in [5.41, 5.74) is 0. The van der Waals surface area contributed by atoms with Crippen molar-refractivity contribution in [2.45, 2.75) is 24.9 Å². The second-order valence-electron chi connectivity index (χ2n) is 4.45. The molecule has 0 radical (unpaired) electrons. The number of hydrogen-bond acceptors (Lipinski definition) is 4. The van der Waals surface area contributed by atoms with Gasteiger partial charge in [0.2, 0.25) is 10.0 Å². The number of nitrogens with zero attached hydrogens (tertiary/aromatic N) is 2. The van der Waals surface area contributed by atoms with Crippen LogP contribution in [0.5, 0.6) is 0 Å². The maximum absolute atomic E-state index is 11.9. The third-order valence-corrected chi connectivity index (χ3v) is 5.37. The van der Waals surface area contributed by atoms with Crippen LogP contribution in [0.15, 0.2) is 0 Å². The van der Waals surface area contributed by atoms with E-state index in [1.54, 1.807) is 0 Å².